The lowest BCUT2D eigenvalue weighted by Gasteiger charge is -2.37. The van der Waals surface area contributed by atoms with Crippen molar-refractivity contribution in [1.29, 1.82) is 0 Å². The molecule has 1 aliphatic heterocycles. The highest BCUT2D eigenvalue weighted by Crippen LogP contribution is 2.29. The second-order valence-electron chi connectivity index (χ2n) is 4.96. The summed E-state index contributed by atoms with van der Waals surface area (Å²) < 4.78 is 6.33. The van der Waals surface area contributed by atoms with Gasteiger partial charge in [-0.1, -0.05) is 18.2 Å². The van der Waals surface area contributed by atoms with E-state index in [0.717, 1.165) is 42.3 Å². The van der Waals surface area contributed by atoms with Gasteiger partial charge in [-0.2, -0.15) is 0 Å². The SMILES string of the molecule is COc1ccccc1N1CCN(c2cccc(Br)n2)CC1. The number of pyridine rings is 1. The van der Waals surface area contributed by atoms with Gasteiger partial charge in [0.15, 0.2) is 0 Å². The molecule has 4 nitrogen and oxygen atoms in total. The van der Waals surface area contributed by atoms with E-state index in [2.05, 4.69) is 48.9 Å². The topological polar surface area (TPSA) is 28.6 Å². The molecule has 0 aliphatic carbocycles. The van der Waals surface area contributed by atoms with Crippen LogP contribution >= 0.6 is 15.9 Å². The predicted molar refractivity (Wildman–Crippen MR) is 89.4 cm³/mol. The van der Waals surface area contributed by atoms with Crippen LogP contribution in [0.15, 0.2) is 47.1 Å². The third kappa shape index (κ3) is 3.13. The molecule has 0 spiro atoms. The zero-order valence-corrected chi connectivity index (χ0v) is 13.6. The zero-order chi connectivity index (χ0) is 14.7. The second-order valence-corrected chi connectivity index (χ2v) is 5.78. The molecule has 1 aliphatic rings. The van der Waals surface area contributed by atoms with Gasteiger partial charge in [-0.25, -0.2) is 4.98 Å². The third-order valence-corrected chi connectivity index (χ3v) is 4.17. The lowest BCUT2D eigenvalue weighted by atomic mass is 10.2. The molecule has 110 valence electrons. The van der Waals surface area contributed by atoms with E-state index < -0.39 is 0 Å². The van der Waals surface area contributed by atoms with E-state index in [4.69, 9.17) is 4.74 Å². The highest BCUT2D eigenvalue weighted by atomic mass is 79.9. The summed E-state index contributed by atoms with van der Waals surface area (Å²) in [6, 6.07) is 14.2. The van der Waals surface area contributed by atoms with E-state index in [1.165, 1.54) is 5.69 Å². The second kappa shape index (κ2) is 6.35. The number of methoxy groups -OCH3 is 1. The van der Waals surface area contributed by atoms with Crippen LogP contribution in [-0.2, 0) is 0 Å². The smallest absolute Gasteiger partial charge is 0.142 e. The van der Waals surface area contributed by atoms with E-state index in [0.29, 0.717) is 0 Å². The molecule has 21 heavy (non-hydrogen) atoms. The summed E-state index contributed by atoms with van der Waals surface area (Å²) in [6.07, 6.45) is 0. The number of halogens is 1. The van der Waals surface area contributed by atoms with Crippen LogP contribution < -0.4 is 14.5 Å². The molecule has 1 fully saturated rings. The lowest BCUT2D eigenvalue weighted by Crippen LogP contribution is -2.46. The molecule has 2 heterocycles. The van der Waals surface area contributed by atoms with E-state index in [-0.39, 0.29) is 0 Å². The van der Waals surface area contributed by atoms with Crippen LogP contribution in [0.3, 0.4) is 0 Å². The molecule has 0 saturated carbocycles. The first-order valence-corrected chi connectivity index (χ1v) is 7.83. The van der Waals surface area contributed by atoms with Gasteiger partial charge in [0.2, 0.25) is 0 Å². The van der Waals surface area contributed by atoms with Crippen molar-refractivity contribution in [3.63, 3.8) is 0 Å². The molecule has 3 rings (SSSR count). The Bertz CT molecular complexity index is 612. The molecule has 0 atom stereocenters. The van der Waals surface area contributed by atoms with Crippen LogP contribution in [0.5, 0.6) is 5.75 Å². The predicted octanol–water partition coefficient (Wildman–Crippen LogP) is 3.18. The summed E-state index contributed by atoms with van der Waals surface area (Å²) in [7, 11) is 1.72. The maximum Gasteiger partial charge on any atom is 0.142 e. The minimum Gasteiger partial charge on any atom is -0.495 e. The van der Waals surface area contributed by atoms with Crippen molar-refractivity contribution in [2.75, 3.05) is 43.1 Å². The number of para-hydroxylation sites is 2. The minimum atomic E-state index is 0.882. The third-order valence-electron chi connectivity index (χ3n) is 3.73. The Labute approximate surface area is 133 Å². The van der Waals surface area contributed by atoms with Gasteiger partial charge in [-0.3, -0.25) is 0 Å². The standard InChI is InChI=1S/C16H18BrN3O/c1-21-14-6-3-2-5-13(14)19-9-11-20(12-10-19)16-8-4-7-15(17)18-16/h2-8H,9-12H2,1H3. The number of hydrogen-bond donors (Lipinski definition) is 0. The van der Waals surface area contributed by atoms with Crippen molar-refractivity contribution < 1.29 is 4.74 Å². The van der Waals surface area contributed by atoms with E-state index in [1.807, 2.05) is 24.3 Å². The van der Waals surface area contributed by atoms with Crippen LogP contribution in [0.2, 0.25) is 0 Å². The Morgan fingerprint density at radius 3 is 2.38 bits per heavy atom. The van der Waals surface area contributed by atoms with Crippen molar-refractivity contribution in [3.8, 4) is 5.75 Å². The van der Waals surface area contributed by atoms with Gasteiger partial charge in [0, 0.05) is 26.2 Å². The molecular weight excluding hydrogens is 330 g/mol. The fraction of sp³-hybridized carbons (Fsp3) is 0.312. The Hall–Kier alpha value is -1.75. The average molecular weight is 348 g/mol. The van der Waals surface area contributed by atoms with Crippen molar-refractivity contribution in [2.24, 2.45) is 0 Å². The van der Waals surface area contributed by atoms with Gasteiger partial charge in [-0.05, 0) is 40.2 Å². The number of rotatable bonds is 3. The van der Waals surface area contributed by atoms with Crippen molar-refractivity contribution >= 4 is 27.4 Å². The van der Waals surface area contributed by atoms with Gasteiger partial charge in [0.1, 0.15) is 16.2 Å². The van der Waals surface area contributed by atoms with Gasteiger partial charge in [-0.15, -0.1) is 0 Å². The van der Waals surface area contributed by atoms with Crippen LogP contribution in [0, 0.1) is 0 Å². The number of anilines is 2. The largest absolute Gasteiger partial charge is 0.495 e. The van der Waals surface area contributed by atoms with E-state index >= 15 is 0 Å². The zero-order valence-electron chi connectivity index (χ0n) is 12.0. The van der Waals surface area contributed by atoms with Crippen LogP contribution in [0.25, 0.3) is 0 Å². The van der Waals surface area contributed by atoms with E-state index in [1.54, 1.807) is 7.11 Å². The first-order valence-electron chi connectivity index (χ1n) is 7.03. The van der Waals surface area contributed by atoms with Crippen LogP contribution in [0.1, 0.15) is 0 Å². The quantitative estimate of drug-likeness (QED) is 0.797. The highest BCUT2D eigenvalue weighted by Gasteiger charge is 2.20. The average Bonchev–Trinajstić information content (AvgIpc) is 2.55. The normalized spacial score (nSPS) is 15.1. The number of hydrogen-bond acceptors (Lipinski definition) is 4. The van der Waals surface area contributed by atoms with Crippen LogP contribution in [0.4, 0.5) is 11.5 Å². The van der Waals surface area contributed by atoms with Crippen LogP contribution in [-0.4, -0.2) is 38.3 Å². The Morgan fingerprint density at radius 1 is 0.952 bits per heavy atom. The van der Waals surface area contributed by atoms with Gasteiger partial charge in [0.05, 0.1) is 12.8 Å². The number of aromatic nitrogens is 1. The van der Waals surface area contributed by atoms with Crippen molar-refractivity contribution in [1.82, 2.24) is 4.98 Å². The number of piperazine rings is 1. The molecule has 1 aromatic heterocycles. The summed E-state index contributed by atoms with van der Waals surface area (Å²) >= 11 is 3.43. The summed E-state index contributed by atoms with van der Waals surface area (Å²) in [5.74, 6) is 1.97. The summed E-state index contributed by atoms with van der Waals surface area (Å²) in [4.78, 5) is 9.21. The first kappa shape index (κ1) is 14.2. The monoisotopic (exact) mass is 347 g/mol. The maximum absolute atomic E-state index is 5.45. The minimum absolute atomic E-state index is 0.882. The van der Waals surface area contributed by atoms with Gasteiger partial charge >= 0.3 is 0 Å². The molecule has 0 radical (unpaired) electrons. The molecule has 2 aromatic rings. The molecule has 5 heteroatoms. The summed E-state index contributed by atoms with van der Waals surface area (Å²) in [5.41, 5.74) is 1.17. The molecule has 1 saturated heterocycles. The summed E-state index contributed by atoms with van der Waals surface area (Å²) in [5, 5.41) is 0. The Morgan fingerprint density at radius 2 is 1.67 bits per heavy atom. The molecule has 0 bridgehead atoms. The van der Waals surface area contributed by atoms with Crippen molar-refractivity contribution in [2.45, 2.75) is 0 Å². The number of ether oxygens (including phenoxy) is 1. The molecule has 1 aromatic carbocycles. The highest BCUT2D eigenvalue weighted by molar-refractivity contribution is 9.10. The maximum atomic E-state index is 5.45. The van der Waals surface area contributed by atoms with Gasteiger partial charge in [0.25, 0.3) is 0 Å². The fourth-order valence-electron chi connectivity index (χ4n) is 2.64. The summed E-state index contributed by atoms with van der Waals surface area (Å²) in [6.45, 7) is 3.85. The number of benzene rings is 1. The fourth-order valence-corrected chi connectivity index (χ4v) is 2.98. The molecule has 0 amide bonds. The Kier molecular flexibility index (Phi) is 4.29. The first-order chi connectivity index (χ1) is 10.3. The lowest BCUT2D eigenvalue weighted by molar-refractivity contribution is 0.413. The van der Waals surface area contributed by atoms with E-state index in [9.17, 15) is 0 Å². The van der Waals surface area contributed by atoms with Crippen molar-refractivity contribution in [3.05, 3.63) is 47.1 Å². The molecule has 0 unspecified atom stereocenters. The molecular formula is C16H18BrN3O. The number of nitrogens with zero attached hydrogens (tertiary/aromatic N) is 3. The Balaban J connectivity index is 1.70. The van der Waals surface area contributed by atoms with Gasteiger partial charge < -0.3 is 14.5 Å². The molecule has 0 N–H and O–H groups in total.